The molecule has 1 aromatic heterocycles. The van der Waals surface area contributed by atoms with Gasteiger partial charge in [0.1, 0.15) is 0 Å². The van der Waals surface area contributed by atoms with Gasteiger partial charge in [0.25, 0.3) is 0 Å². The minimum Gasteiger partial charge on any atom is -0.464 e. The molecule has 20 heavy (non-hydrogen) atoms. The monoisotopic (exact) mass is 279 g/mol. The highest BCUT2D eigenvalue weighted by Gasteiger charge is 2.37. The van der Waals surface area contributed by atoms with Gasteiger partial charge in [-0.15, -0.1) is 0 Å². The van der Waals surface area contributed by atoms with Crippen LogP contribution in [-0.4, -0.2) is 28.5 Å². The molecule has 0 saturated heterocycles. The van der Waals surface area contributed by atoms with Gasteiger partial charge in [0.15, 0.2) is 5.69 Å². The van der Waals surface area contributed by atoms with E-state index in [-0.39, 0.29) is 22.7 Å². The van der Waals surface area contributed by atoms with Gasteiger partial charge in [0.2, 0.25) is 5.82 Å². The number of nitrogens with one attached hydrogen (secondary N) is 1. The molecule has 7 nitrogen and oxygen atoms in total. The highest BCUT2D eigenvalue weighted by molar-refractivity contribution is 5.88. The summed E-state index contributed by atoms with van der Waals surface area (Å²) in [5.74, 6) is -0.471. The summed E-state index contributed by atoms with van der Waals surface area (Å²) in [6.07, 6.45) is 3.84. The highest BCUT2D eigenvalue weighted by Crippen LogP contribution is 2.39. The molecule has 7 heteroatoms. The fourth-order valence-electron chi connectivity index (χ4n) is 2.33. The molecule has 1 aromatic rings. The Labute approximate surface area is 116 Å². The van der Waals surface area contributed by atoms with Gasteiger partial charge in [-0.3, -0.25) is 10.1 Å². The van der Waals surface area contributed by atoms with E-state index in [9.17, 15) is 14.9 Å². The molecule has 0 spiro atoms. The number of rotatable bonds is 5. The minimum atomic E-state index is -0.609. The van der Waals surface area contributed by atoms with Crippen LogP contribution in [0.25, 0.3) is 0 Å². The standard InChI is InChI=1S/C13H17N3O4/c1-3-13(7-4-8-13)15-11-10(16(18)19)6-5-9(14-11)12(17)20-2/h5-6H,3-4,7-8H2,1-2H3,(H,14,15). The fourth-order valence-corrected chi connectivity index (χ4v) is 2.33. The number of esters is 1. The van der Waals surface area contributed by atoms with Crippen LogP contribution in [0, 0.1) is 10.1 Å². The number of nitrogens with zero attached hydrogens (tertiary/aromatic N) is 2. The fraction of sp³-hybridized carbons (Fsp3) is 0.538. The first kappa shape index (κ1) is 14.2. The van der Waals surface area contributed by atoms with Crippen LogP contribution in [0.3, 0.4) is 0 Å². The number of pyridine rings is 1. The van der Waals surface area contributed by atoms with Gasteiger partial charge < -0.3 is 10.1 Å². The Morgan fingerprint density at radius 1 is 1.55 bits per heavy atom. The van der Waals surface area contributed by atoms with Crippen LogP contribution in [0.5, 0.6) is 0 Å². The lowest BCUT2D eigenvalue weighted by Crippen LogP contribution is -2.44. The number of nitro groups is 1. The van der Waals surface area contributed by atoms with E-state index in [1.54, 1.807) is 0 Å². The molecule has 1 fully saturated rings. The van der Waals surface area contributed by atoms with E-state index in [2.05, 4.69) is 15.0 Å². The van der Waals surface area contributed by atoms with E-state index in [1.165, 1.54) is 19.2 Å². The largest absolute Gasteiger partial charge is 0.464 e. The van der Waals surface area contributed by atoms with E-state index in [1.807, 2.05) is 6.92 Å². The Morgan fingerprint density at radius 2 is 2.25 bits per heavy atom. The lowest BCUT2D eigenvalue weighted by Gasteiger charge is -2.42. The van der Waals surface area contributed by atoms with E-state index < -0.39 is 10.9 Å². The van der Waals surface area contributed by atoms with Crippen molar-refractivity contribution in [1.82, 2.24) is 4.98 Å². The Morgan fingerprint density at radius 3 is 2.70 bits per heavy atom. The molecule has 0 atom stereocenters. The number of hydrogen-bond acceptors (Lipinski definition) is 6. The number of hydrogen-bond donors (Lipinski definition) is 1. The summed E-state index contributed by atoms with van der Waals surface area (Å²) in [4.78, 5) is 26.1. The number of aromatic nitrogens is 1. The normalized spacial score (nSPS) is 16.1. The zero-order valence-corrected chi connectivity index (χ0v) is 11.5. The summed E-state index contributed by atoms with van der Waals surface area (Å²) in [5.41, 5.74) is -0.212. The van der Waals surface area contributed by atoms with Crippen molar-refractivity contribution >= 4 is 17.5 Å². The van der Waals surface area contributed by atoms with E-state index in [0.717, 1.165) is 25.7 Å². The van der Waals surface area contributed by atoms with Crippen molar-refractivity contribution in [1.29, 1.82) is 0 Å². The molecule has 0 aromatic carbocycles. The first-order chi connectivity index (χ1) is 9.51. The molecule has 1 heterocycles. The van der Waals surface area contributed by atoms with Crippen molar-refractivity contribution in [2.45, 2.75) is 38.1 Å². The van der Waals surface area contributed by atoms with Crippen LogP contribution < -0.4 is 5.32 Å². The van der Waals surface area contributed by atoms with Crippen LogP contribution in [0.4, 0.5) is 11.5 Å². The molecule has 0 unspecified atom stereocenters. The molecule has 0 radical (unpaired) electrons. The van der Waals surface area contributed by atoms with Crippen molar-refractivity contribution in [3.8, 4) is 0 Å². The Hall–Kier alpha value is -2.18. The maximum Gasteiger partial charge on any atom is 0.356 e. The third-order valence-electron chi connectivity index (χ3n) is 3.84. The Balaban J connectivity index is 2.36. The van der Waals surface area contributed by atoms with Gasteiger partial charge in [-0.25, -0.2) is 9.78 Å². The maximum absolute atomic E-state index is 11.5. The minimum absolute atomic E-state index is 0.0613. The van der Waals surface area contributed by atoms with Gasteiger partial charge in [0, 0.05) is 11.6 Å². The summed E-state index contributed by atoms with van der Waals surface area (Å²) in [6, 6.07) is 2.58. The zero-order valence-electron chi connectivity index (χ0n) is 11.5. The molecule has 0 amide bonds. The summed E-state index contributed by atoms with van der Waals surface area (Å²) >= 11 is 0. The topological polar surface area (TPSA) is 94.4 Å². The number of carbonyl (C=O) groups is 1. The van der Waals surface area contributed by atoms with Crippen molar-refractivity contribution in [2.24, 2.45) is 0 Å². The van der Waals surface area contributed by atoms with Crippen LogP contribution in [0.15, 0.2) is 12.1 Å². The smallest absolute Gasteiger partial charge is 0.356 e. The molecular weight excluding hydrogens is 262 g/mol. The van der Waals surface area contributed by atoms with Crippen molar-refractivity contribution in [2.75, 3.05) is 12.4 Å². The van der Waals surface area contributed by atoms with E-state index in [0.29, 0.717) is 0 Å². The SMILES string of the molecule is CCC1(Nc2nc(C(=O)OC)ccc2[N+](=O)[O-])CCC1. The second-order valence-corrected chi connectivity index (χ2v) is 4.93. The molecule has 1 aliphatic carbocycles. The summed E-state index contributed by atoms with van der Waals surface area (Å²) in [6.45, 7) is 2.03. The van der Waals surface area contributed by atoms with Gasteiger partial charge in [0.05, 0.1) is 12.0 Å². The molecule has 2 rings (SSSR count). The molecule has 0 aliphatic heterocycles. The molecule has 1 N–H and O–H groups in total. The van der Waals surface area contributed by atoms with Crippen LogP contribution >= 0.6 is 0 Å². The lowest BCUT2D eigenvalue weighted by atomic mass is 9.75. The van der Waals surface area contributed by atoms with Crippen molar-refractivity contribution < 1.29 is 14.5 Å². The average Bonchev–Trinajstić information content (AvgIpc) is 2.41. The first-order valence-electron chi connectivity index (χ1n) is 6.53. The predicted molar refractivity (Wildman–Crippen MR) is 72.7 cm³/mol. The highest BCUT2D eigenvalue weighted by atomic mass is 16.6. The Bertz CT molecular complexity index is 535. The second kappa shape index (κ2) is 5.44. The van der Waals surface area contributed by atoms with E-state index >= 15 is 0 Å². The third kappa shape index (κ3) is 2.56. The van der Waals surface area contributed by atoms with Gasteiger partial charge in [-0.1, -0.05) is 6.92 Å². The lowest BCUT2D eigenvalue weighted by molar-refractivity contribution is -0.384. The van der Waals surface area contributed by atoms with Crippen LogP contribution in [0.1, 0.15) is 43.1 Å². The van der Waals surface area contributed by atoms with Crippen molar-refractivity contribution in [3.63, 3.8) is 0 Å². The average molecular weight is 279 g/mol. The molecule has 108 valence electrons. The summed E-state index contributed by atoms with van der Waals surface area (Å²) in [7, 11) is 1.25. The number of anilines is 1. The van der Waals surface area contributed by atoms with Gasteiger partial charge in [-0.05, 0) is 31.7 Å². The first-order valence-corrected chi connectivity index (χ1v) is 6.53. The number of carbonyl (C=O) groups excluding carboxylic acids is 1. The number of ether oxygens (including phenoxy) is 1. The van der Waals surface area contributed by atoms with Gasteiger partial charge in [-0.2, -0.15) is 0 Å². The van der Waals surface area contributed by atoms with Crippen molar-refractivity contribution in [3.05, 3.63) is 27.9 Å². The molecular formula is C13H17N3O4. The van der Waals surface area contributed by atoms with E-state index in [4.69, 9.17) is 0 Å². The summed E-state index contributed by atoms with van der Waals surface area (Å²) < 4.78 is 4.59. The zero-order chi connectivity index (χ0) is 14.8. The second-order valence-electron chi connectivity index (χ2n) is 4.93. The molecule has 0 bridgehead atoms. The quantitative estimate of drug-likeness (QED) is 0.505. The molecule has 1 aliphatic rings. The number of methoxy groups -OCH3 is 1. The van der Waals surface area contributed by atoms with Crippen LogP contribution in [0.2, 0.25) is 0 Å². The summed E-state index contributed by atoms with van der Waals surface area (Å²) in [5, 5.41) is 14.2. The van der Waals surface area contributed by atoms with Crippen LogP contribution in [-0.2, 0) is 4.74 Å². The van der Waals surface area contributed by atoms with Gasteiger partial charge >= 0.3 is 11.7 Å². The predicted octanol–water partition coefficient (Wildman–Crippen LogP) is 2.52. The molecule has 1 saturated carbocycles. The Kier molecular flexibility index (Phi) is 3.87. The maximum atomic E-state index is 11.5. The third-order valence-corrected chi connectivity index (χ3v) is 3.84.